The average molecular weight is 205 g/mol. The van der Waals surface area contributed by atoms with Gasteiger partial charge in [-0.3, -0.25) is 10.5 Å². The lowest BCUT2D eigenvalue weighted by Gasteiger charge is -1.96. The Morgan fingerprint density at radius 2 is 2.21 bits per heavy atom. The summed E-state index contributed by atoms with van der Waals surface area (Å²) < 4.78 is 1.19. The first kappa shape index (κ1) is 9.02. The zero-order valence-electron chi connectivity index (χ0n) is 7.41. The van der Waals surface area contributed by atoms with Gasteiger partial charge in [-0.05, 0) is 17.5 Å². The van der Waals surface area contributed by atoms with Gasteiger partial charge in [0, 0.05) is 4.70 Å². The number of thiophene rings is 1. The van der Waals surface area contributed by atoms with Crippen LogP contribution in [0.4, 0.5) is 5.00 Å². The number of nitrogens with one attached hydrogen (secondary N) is 2. The fraction of sp³-hybridized carbons (Fsp3) is 0.100. The Labute approximate surface area is 85.5 Å². The Kier molecular flexibility index (Phi) is 2.37. The molecule has 0 aliphatic heterocycles. The van der Waals surface area contributed by atoms with E-state index in [-0.39, 0.29) is 6.54 Å². The number of fused-ring (bicyclic) bond motifs is 1. The van der Waals surface area contributed by atoms with Crippen LogP contribution in [0.5, 0.6) is 0 Å². The Balaban J connectivity index is 2.22. The maximum absolute atomic E-state index is 10.4. The average Bonchev–Trinajstić information content (AvgIpc) is 2.57. The summed E-state index contributed by atoms with van der Waals surface area (Å²) in [6.45, 7) is 0.0762. The Morgan fingerprint density at radius 3 is 2.93 bits per heavy atom. The third kappa shape index (κ3) is 1.85. The van der Waals surface area contributed by atoms with Crippen LogP contribution in [-0.4, -0.2) is 12.5 Å². The summed E-state index contributed by atoms with van der Waals surface area (Å²) in [5.41, 5.74) is 6.76. The second-order valence-electron chi connectivity index (χ2n) is 2.93. The number of hydrogen-bond donors (Lipinski definition) is 1. The van der Waals surface area contributed by atoms with E-state index >= 15 is 0 Å². The highest BCUT2D eigenvalue weighted by atomic mass is 32.1. The molecule has 2 rings (SSSR count). The second kappa shape index (κ2) is 3.67. The van der Waals surface area contributed by atoms with E-state index in [0.717, 1.165) is 10.4 Å². The molecule has 71 valence electrons. The maximum Gasteiger partial charge on any atom is 0.257 e. The van der Waals surface area contributed by atoms with E-state index < -0.39 is 5.91 Å². The van der Waals surface area contributed by atoms with Crippen molar-refractivity contribution in [3.63, 3.8) is 0 Å². The lowest BCUT2D eigenvalue weighted by Crippen LogP contribution is -2.12. The molecule has 1 amide bonds. The molecule has 0 spiro atoms. The van der Waals surface area contributed by atoms with Crippen LogP contribution in [0.1, 0.15) is 0 Å². The molecular weight excluding hydrogens is 196 g/mol. The van der Waals surface area contributed by atoms with Gasteiger partial charge in [-0.2, -0.15) is 0 Å². The highest BCUT2D eigenvalue weighted by molar-refractivity contribution is 7.22. The van der Waals surface area contributed by atoms with Gasteiger partial charge in [0.2, 0.25) is 0 Å². The zero-order chi connectivity index (χ0) is 9.97. The number of amides is 1. The molecule has 0 saturated carbocycles. The van der Waals surface area contributed by atoms with E-state index in [9.17, 15) is 4.79 Å². The first-order valence-corrected chi connectivity index (χ1v) is 5.04. The predicted octanol–water partition coefficient (Wildman–Crippen LogP) is 2.12. The molecule has 1 aromatic carbocycles. The molecule has 1 radical (unpaired) electrons. The normalized spacial score (nSPS) is 10.3. The highest BCUT2D eigenvalue weighted by Gasteiger charge is 2.01. The molecule has 1 aromatic heterocycles. The van der Waals surface area contributed by atoms with Crippen molar-refractivity contribution in [2.24, 2.45) is 0 Å². The smallest absolute Gasteiger partial charge is 0.257 e. The van der Waals surface area contributed by atoms with Crippen LogP contribution in [0.3, 0.4) is 0 Å². The fourth-order valence-corrected chi connectivity index (χ4v) is 2.19. The summed E-state index contributed by atoms with van der Waals surface area (Å²) in [6.07, 6.45) is 0. The van der Waals surface area contributed by atoms with Crippen molar-refractivity contribution in [1.29, 1.82) is 0 Å². The number of anilines is 1. The van der Waals surface area contributed by atoms with Crippen molar-refractivity contribution < 1.29 is 4.79 Å². The van der Waals surface area contributed by atoms with E-state index in [1.54, 1.807) is 11.3 Å². The molecule has 4 heteroatoms. The quantitative estimate of drug-likeness (QED) is 0.834. The zero-order valence-corrected chi connectivity index (χ0v) is 8.23. The van der Waals surface area contributed by atoms with Crippen LogP contribution in [0.15, 0.2) is 30.3 Å². The van der Waals surface area contributed by atoms with Gasteiger partial charge >= 0.3 is 0 Å². The monoisotopic (exact) mass is 205 g/mol. The lowest BCUT2D eigenvalue weighted by atomic mass is 10.3. The van der Waals surface area contributed by atoms with Gasteiger partial charge < -0.3 is 5.32 Å². The van der Waals surface area contributed by atoms with Gasteiger partial charge in [0.05, 0.1) is 11.5 Å². The largest absolute Gasteiger partial charge is 0.368 e. The molecule has 2 N–H and O–H groups in total. The van der Waals surface area contributed by atoms with Gasteiger partial charge in [0.15, 0.2) is 0 Å². The molecule has 0 fully saturated rings. The van der Waals surface area contributed by atoms with Crippen LogP contribution in [0, 0.1) is 0 Å². The maximum atomic E-state index is 10.4. The van der Waals surface area contributed by atoms with E-state index in [0.29, 0.717) is 0 Å². The molecule has 0 aliphatic carbocycles. The molecule has 0 unspecified atom stereocenters. The highest BCUT2D eigenvalue weighted by Crippen LogP contribution is 2.28. The third-order valence-electron chi connectivity index (χ3n) is 1.85. The minimum Gasteiger partial charge on any atom is -0.368 e. The van der Waals surface area contributed by atoms with Crippen molar-refractivity contribution in [3.8, 4) is 0 Å². The summed E-state index contributed by atoms with van der Waals surface area (Å²) in [5.74, 6) is -0.595. The molecule has 0 saturated heterocycles. The molecule has 1 heterocycles. The van der Waals surface area contributed by atoms with Crippen LogP contribution < -0.4 is 11.1 Å². The first-order chi connectivity index (χ1) is 6.75. The van der Waals surface area contributed by atoms with Gasteiger partial charge in [0.25, 0.3) is 5.91 Å². The fourth-order valence-electron chi connectivity index (χ4n) is 1.24. The minimum absolute atomic E-state index is 0.0762. The molecule has 0 aliphatic rings. The summed E-state index contributed by atoms with van der Waals surface area (Å²) in [4.78, 5) is 10.4. The Morgan fingerprint density at radius 1 is 1.43 bits per heavy atom. The van der Waals surface area contributed by atoms with Crippen molar-refractivity contribution in [2.45, 2.75) is 0 Å². The molecular formula is C10H9N2OS. The van der Waals surface area contributed by atoms with Crippen molar-refractivity contribution in [2.75, 3.05) is 11.9 Å². The second-order valence-corrected chi connectivity index (χ2v) is 4.01. The minimum atomic E-state index is -0.595. The molecule has 3 nitrogen and oxygen atoms in total. The molecule has 2 aromatic rings. The summed E-state index contributed by atoms with van der Waals surface area (Å²) in [5, 5.41) is 5.02. The van der Waals surface area contributed by atoms with Crippen LogP contribution in [0.2, 0.25) is 0 Å². The van der Waals surface area contributed by atoms with E-state index in [2.05, 4.69) is 5.32 Å². The van der Waals surface area contributed by atoms with Gasteiger partial charge in [0.1, 0.15) is 0 Å². The van der Waals surface area contributed by atoms with E-state index in [4.69, 9.17) is 5.73 Å². The Bertz CT molecular complexity index is 431. The van der Waals surface area contributed by atoms with Gasteiger partial charge in [-0.1, -0.05) is 18.2 Å². The topological polar surface area (TPSA) is 52.9 Å². The molecule has 0 atom stereocenters. The summed E-state index contributed by atoms with van der Waals surface area (Å²) in [7, 11) is 0. The number of benzene rings is 1. The van der Waals surface area contributed by atoms with Crippen molar-refractivity contribution >= 4 is 32.3 Å². The van der Waals surface area contributed by atoms with Crippen LogP contribution in [-0.2, 0) is 4.79 Å². The number of rotatable bonds is 3. The SMILES string of the molecule is [NH]C(=O)CNc1cc2ccccc2s1. The summed E-state index contributed by atoms with van der Waals surface area (Å²) >= 11 is 1.59. The van der Waals surface area contributed by atoms with Crippen LogP contribution in [0.25, 0.3) is 10.1 Å². The molecule has 0 bridgehead atoms. The van der Waals surface area contributed by atoms with Crippen molar-refractivity contribution in [3.05, 3.63) is 30.3 Å². The van der Waals surface area contributed by atoms with Crippen molar-refractivity contribution in [1.82, 2.24) is 5.73 Å². The predicted molar refractivity (Wildman–Crippen MR) is 58.4 cm³/mol. The third-order valence-corrected chi connectivity index (χ3v) is 2.92. The van der Waals surface area contributed by atoms with Gasteiger partial charge in [-0.25, -0.2) is 0 Å². The van der Waals surface area contributed by atoms with Gasteiger partial charge in [-0.15, -0.1) is 11.3 Å². The van der Waals surface area contributed by atoms with Crippen LogP contribution >= 0.6 is 11.3 Å². The van der Waals surface area contributed by atoms with E-state index in [1.807, 2.05) is 30.3 Å². The van der Waals surface area contributed by atoms with E-state index in [1.165, 1.54) is 4.70 Å². The lowest BCUT2D eigenvalue weighted by molar-refractivity contribution is -0.117. The number of carbonyl (C=O) groups excluding carboxylic acids is 1. The standard InChI is InChI=1S/C10H9N2OS/c11-9(13)6-12-10-5-7-3-1-2-4-8(7)14-10/h1-5,11-12H,6H2. The summed E-state index contributed by atoms with van der Waals surface area (Å²) in [6, 6.07) is 10.0. The molecule has 14 heavy (non-hydrogen) atoms. The number of carbonyl (C=O) groups is 1. The first-order valence-electron chi connectivity index (χ1n) is 4.22. The number of hydrogen-bond acceptors (Lipinski definition) is 3. The Hall–Kier alpha value is -1.55.